The zero-order chi connectivity index (χ0) is 14.4. The van der Waals surface area contributed by atoms with Crippen LogP contribution in [0.2, 0.25) is 0 Å². The van der Waals surface area contributed by atoms with Crippen LogP contribution in [-0.4, -0.2) is 23.5 Å². The molecule has 0 saturated carbocycles. The van der Waals surface area contributed by atoms with Gasteiger partial charge in [0, 0.05) is 46.2 Å². The van der Waals surface area contributed by atoms with E-state index in [0.29, 0.717) is 0 Å². The Morgan fingerprint density at radius 3 is 2.90 bits per heavy atom. The van der Waals surface area contributed by atoms with E-state index in [4.69, 9.17) is 0 Å². The number of aromatic nitrogens is 1. The largest absolute Gasteiger partial charge is 0.385 e. The smallest absolute Gasteiger partial charge is 0.0564 e. The van der Waals surface area contributed by atoms with Crippen molar-refractivity contribution >= 4 is 33.0 Å². The van der Waals surface area contributed by atoms with Gasteiger partial charge in [0.05, 0.1) is 5.69 Å². The predicted molar refractivity (Wildman–Crippen MR) is 90.2 cm³/mol. The molecule has 0 radical (unpaired) electrons. The van der Waals surface area contributed by atoms with Crippen molar-refractivity contribution in [1.82, 2.24) is 9.88 Å². The molecular formula is C15H20BrN3S. The third kappa shape index (κ3) is 4.89. The molecule has 2 rings (SSSR count). The summed E-state index contributed by atoms with van der Waals surface area (Å²) in [5, 5.41) is 5.52. The first-order valence-electron chi connectivity index (χ1n) is 6.77. The number of hydrogen-bond acceptors (Lipinski definition) is 4. The summed E-state index contributed by atoms with van der Waals surface area (Å²) < 4.78 is 1.16. The number of nitrogens with one attached hydrogen (secondary N) is 1. The Morgan fingerprint density at radius 1 is 1.35 bits per heavy atom. The monoisotopic (exact) mass is 353 g/mol. The van der Waals surface area contributed by atoms with Crippen molar-refractivity contribution in [3.63, 3.8) is 0 Å². The second kappa shape index (κ2) is 7.76. The first-order valence-corrected chi connectivity index (χ1v) is 8.45. The average Bonchev–Trinajstić information content (AvgIpc) is 2.82. The van der Waals surface area contributed by atoms with E-state index < -0.39 is 0 Å². The maximum absolute atomic E-state index is 4.45. The van der Waals surface area contributed by atoms with Gasteiger partial charge in [-0.1, -0.05) is 6.92 Å². The van der Waals surface area contributed by atoms with Gasteiger partial charge in [-0.3, -0.25) is 9.88 Å². The Kier molecular flexibility index (Phi) is 6.01. The van der Waals surface area contributed by atoms with Crippen molar-refractivity contribution in [2.75, 3.05) is 18.9 Å². The van der Waals surface area contributed by atoms with Gasteiger partial charge in [0.2, 0.25) is 0 Å². The van der Waals surface area contributed by atoms with Gasteiger partial charge >= 0.3 is 0 Å². The zero-order valence-electron chi connectivity index (χ0n) is 11.9. The molecule has 1 N–H and O–H groups in total. The van der Waals surface area contributed by atoms with Gasteiger partial charge in [0.25, 0.3) is 0 Å². The first-order chi connectivity index (χ1) is 9.67. The lowest BCUT2D eigenvalue weighted by molar-refractivity contribution is 0.318. The summed E-state index contributed by atoms with van der Waals surface area (Å²) in [4.78, 5) is 8.09. The molecule has 0 aliphatic heterocycles. The third-order valence-electron chi connectivity index (χ3n) is 2.88. The van der Waals surface area contributed by atoms with E-state index in [9.17, 15) is 0 Å². The van der Waals surface area contributed by atoms with E-state index >= 15 is 0 Å². The highest BCUT2D eigenvalue weighted by atomic mass is 79.9. The molecule has 3 nitrogen and oxygen atoms in total. The second-order valence-corrected chi connectivity index (χ2v) is 6.78. The van der Waals surface area contributed by atoms with Crippen LogP contribution >= 0.6 is 27.3 Å². The van der Waals surface area contributed by atoms with Crippen LogP contribution in [0.4, 0.5) is 5.69 Å². The molecule has 0 fully saturated rings. The summed E-state index contributed by atoms with van der Waals surface area (Å²) in [6, 6.07) is 6.33. The van der Waals surface area contributed by atoms with Crippen LogP contribution < -0.4 is 5.32 Å². The fourth-order valence-corrected chi connectivity index (χ4v) is 3.51. The molecule has 0 amide bonds. The number of pyridine rings is 1. The van der Waals surface area contributed by atoms with E-state index in [-0.39, 0.29) is 0 Å². The number of thiophene rings is 1. The van der Waals surface area contributed by atoms with Crippen molar-refractivity contribution in [2.45, 2.75) is 26.4 Å². The van der Waals surface area contributed by atoms with Gasteiger partial charge in [-0.25, -0.2) is 0 Å². The Balaban J connectivity index is 1.91. The van der Waals surface area contributed by atoms with Crippen LogP contribution in [0.25, 0.3) is 0 Å². The fraction of sp³-hybridized carbons (Fsp3) is 0.400. The van der Waals surface area contributed by atoms with Gasteiger partial charge < -0.3 is 5.32 Å². The molecule has 20 heavy (non-hydrogen) atoms. The van der Waals surface area contributed by atoms with Crippen LogP contribution in [-0.2, 0) is 13.1 Å². The van der Waals surface area contributed by atoms with Gasteiger partial charge in [-0.15, -0.1) is 11.3 Å². The van der Waals surface area contributed by atoms with Crippen LogP contribution in [0.1, 0.15) is 23.9 Å². The van der Waals surface area contributed by atoms with Crippen molar-refractivity contribution in [2.24, 2.45) is 0 Å². The molecule has 0 aliphatic rings. The Hall–Kier alpha value is -0.910. The molecule has 0 aromatic carbocycles. The lowest BCUT2D eigenvalue weighted by atomic mass is 10.3. The molecule has 0 spiro atoms. The standard InChI is InChI=1S/C15H20BrN3S/c1-3-5-17-13-4-6-18-14(8-13)9-19(2)10-15-7-12(16)11-20-15/h4,6-8,11H,3,5,9-10H2,1-2H3,(H,17,18). The maximum Gasteiger partial charge on any atom is 0.0564 e. The molecular weight excluding hydrogens is 334 g/mol. The van der Waals surface area contributed by atoms with Crippen LogP contribution in [0.15, 0.2) is 34.2 Å². The van der Waals surface area contributed by atoms with E-state index in [0.717, 1.165) is 41.9 Å². The number of anilines is 1. The average molecular weight is 354 g/mol. The maximum atomic E-state index is 4.45. The summed E-state index contributed by atoms with van der Waals surface area (Å²) in [5.41, 5.74) is 2.26. The molecule has 2 aromatic rings. The summed E-state index contributed by atoms with van der Waals surface area (Å²) in [7, 11) is 2.13. The predicted octanol–water partition coefficient (Wildman–Crippen LogP) is 4.36. The van der Waals surface area contributed by atoms with Gasteiger partial charge in [0.1, 0.15) is 0 Å². The summed E-state index contributed by atoms with van der Waals surface area (Å²) in [6.45, 7) is 4.98. The van der Waals surface area contributed by atoms with E-state index in [2.05, 4.69) is 62.6 Å². The van der Waals surface area contributed by atoms with Crippen molar-refractivity contribution in [3.05, 3.63) is 44.8 Å². The number of hydrogen-bond donors (Lipinski definition) is 1. The molecule has 2 heterocycles. The van der Waals surface area contributed by atoms with Crippen molar-refractivity contribution in [3.8, 4) is 0 Å². The minimum Gasteiger partial charge on any atom is -0.385 e. The summed E-state index contributed by atoms with van der Waals surface area (Å²) >= 11 is 5.28. The van der Waals surface area contributed by atoms with Crippen LogP contribution in [0.3, 0.4) is 0 Å². The Morgan fingerprint density at radius 2 is 2.20 bits per heavy atom. The number of rotatable bonds is 7. The first kappa shape index (κ1) is 15.5. The summed E-state index contributed by atoms with van der Waals surface area (Å²) in [5.74, 6) is 0. The molecule has 5 heteroatoms. The van der Waals surface area contributed by atoms with E-state index in [1.54, 1.807) is 11.3 Å². The van der Waals surface area contributed by atoms with E-state index in [1.807, 2.05) is 12.3 Å². The molecule has 0 saturated heterocycles. The minimum absolute atomic E-state index is 0.858. The quantitative estimate of drug-likeness (QED) is 0.801. The van der Waals surface area contributed by atoms with Gasteiger partial charge in [0.15, 0.2) is 0 Å². The molecule has 0 atom stereocenters. The molecule has 0 unspecified atom stereocenters. The Labute approximate surface area is 133 Å². The third-order valence-corrected chi connectivity index (χ3v) is 4.56. The molecule has 0 bridgehead atoms. The highest BCUT2D eigenvalue weighted by molar-refractivity contribution is 9.10. The Bertz CT molecular complexity index is 541. The second-order valence-electron chi connectivity index (χ2n) is 4.87. The summed E-state index contributed by atoms with van der Waals surface area (Å²) in [6.07, 6.45) is 3.01. The zero-order valence-corrected chi connectivity index (χ0v) is 14.3. The number of halogens is 1. The topological polar surface area (TPSA) is 28.2 Å². The highest BCUT2D eigenvalue weighted by Gasteiger charge is 2.05. The van der Waals surface area contributed by atoms with Gasteiger partial charge in [-0.2, -0.15) is 0 Å². The van der Waals surface area contributed by atoms with E-state index in [1.165, 1.54) is 4.88 Å². The lowest BCUT2D eigenvalue weighted by Gasteiger charge is -2.15. The van der Waals surface area contributed by atoms with Crippen molar-refractivity contribution in [1.29, 1.82) is 0 Å². The number of nitrogens with zero attached hydrogens (tertiary/aromatic N) is 2. The lowest BCUT2D eigenvalue weighted by Crippen LogP contribution is -2.17. The molecule has 0 aliphatic carbocycles. The SMILES string of the molecule is CCCNc1ccnc(CN(C)Cc2cc(Br)cs2)c1. The normalized spacial score (nSPS) is 11.0. The van der Waals surface area contributed by atoms with Gasteiger partial charge in [-0.05, 0) is 47.6 Å². The molecule has 108 valence electrons. The van der Waals surface area contributed by atoms with Crippen LogP contribution in [0.5, 0.6) is 0 Å². The minimum atomic E-state index is 0.858. The highest BCUT2D eigenvalue weighted by Crippen LogP contribution is 2.21. The molecule has 2 aromatic heterocycles. The van der Waals surface area contributed by atoms with Crippen molar-refractivity contribution < 1.29 is 0 Å². The van der Waals surface area contributed by atoms with Crippen LogP contribution in [0, 0.1) is 0 Å². The fourth-order valence-electron chi connectivity index (χ4n) is 1.98.